The minimum atomic E-state index is 0.126. The Bertz CT molecular complexity index is 687. The van der Waals surface area contributed by atoms with Crippen molar-refractivity contribution in [3.8, 4) is 0 Å². The second-order valence-electron chi connectivity index (χ2n) is 6.53. The number of hydrogen-bond acceptors (Lipinski definition) is 2. The first-order chi connectivity index (χ1) is 11.5. The number of halogens is 1. The number of carbonyl (C=O) groups excluding carboxylic acids is 1. The van der Waals surface area contributed by atoms with Gasteiger partial charge in [0, 0.05) is 42.5 Å². The third-order valence-corrected chi connectivity index (χ3v) is 4.83. The highest BCUT2D eigenvalue weighted by Crippen LogP contribution is 2.21. The molecule has 2 aromatic carbocycles. The fourth-order valence-electron chi connectivity index (χ4n) is 3.01. The Morgan fingerprint density at radius 1 is 0.917 bits per heavy atom. The Balaban J connectivity index is 1.61. The van der Waals surface area contributed by atoms with Crippen molar-refractivity contribution in [1.29, 1.82) is 0 Å². The first-order valence-electron chi connectivity index (χ1n) is 8.44. The number of carbonyl (C=O) groups is 1. The lowest BCUT2D eigenvalue weighted by molar-refractivity contribution is 0.0747. The summed E-state index contributed by atoms with van der Waals surface area (Å²) in [7, 11) is 0. The summed E-state index contributed by atoms with van der Waals surface area (Å²) in [5.74, 6) is 0.609. The lowest BCUT2D eigenvalue weighted by atomic mass is 10.0. The summed E-state index contributed by atoms with van der Waals surface area (Å²) in [5, 5.41) is 0.748. The lowest BCUT2D eigenvalue weighted by Crippen LogP contribution is -2.48. The maximum absolute atomic E-state index is 12.7. The van der Waals surface area contributed by atoms with Gasteiger partial charge in [-0.3, -0.25) is 4.79 Å². The fourth-order valence-corrected chi connectivity index (χ4v) is 3.14. The average molecular weight is 343 g/mol. The van der Waals surface area contributed by atoms with E-state index in [1.807, 2.05) is 41.3 Å². The van der Waals surface area contributed by atoms with Crippen LogP contribution in [-0.2, 0) is 0 Å². The number of anilines is 1. The molecule has 1 fully saturated rings. The van der Waals surface area contributed by atoms with Crippen molar-refractivity contribution in [2.24, 2.45) is 0 Å². The van der Waals surface area contributed by atoms with Gasteiger partial charge in [-0.2, -0.15) is 0 Å². The smallest absolute Gasteiger partial charge is 0.253 e. The van der Waals surface area contributed by atoms with Crippen LogP contribution in [0, 0.1) is 0 Å². The summed E-state index contributed by atoms with van der Waals surface area (Å²) in [6.07, 6.45) is 0. The highest BCUT2D eigenvalue weighted by atomic mass is 35.5. The van der Waals surface area contributed by atoms with Crippen LogP contribution in [0.15, 0.2) is 48.5 Å². The van der Waals surface area contributed by atoms with Crippen molar-refractivity contribution in [2.75, 3.05) is 31.1 Å². The van der Waals surface area contributed by atoms with Gasteiger partial charge in [-0.25, -0.2) is 0 Å². The highest BCUT2D eigenvalue weighted by molar-refractivity contribution is 6.30. The van der Waals surface area contributed by atoms with Crippen molar-refractivity contribution in [2.45, 2.75) is 19.8 Å². The Hall–Kier alpha value is -2.00. The van der Waals surface area contributed by atoms with Crippen LogP contribution in [0.5, 0.6) is 0 Å². The minimum absolute atomic E-state index is 0.126. The van der Waals surface area contributed by atoms with Crippen LogP contribution in [0.4, 0.5) is 5.69 Å². The molecule has 0 unspecified atom stereocenters. The Labute approximate surface area is 148 Å². The Kier molecular flexibility index (Phi) is 5.10. The second kappa shape index (κ2) is 7.27. The van der Waals surface area contributed by atoms with E-state index in [9.17, 15) is 4.79 Å². The summed E-state index contributed by atoms with van der Waals surface area (Å²) in [5.41, 5.74) is 3.20. The third kappa shape index (κ3) is 3.73. The molecule has 1 aliphatic heterocycles. The van der Waals surface area contributed by atoms with Crippen LogP contribution in [0.25, 0.3) is 0 Å². The summed E-state index contributed by atoms with van der Waals surface area (Å²) >= 11 is 5.94. The van der Waals surface area contributed by atoms with E-state index in [0.717, 1.165) is 42.5 Å². The Morgan fingerprint density at radius 3 is 2.04 bits per heavy atom. The first kappa shape index (κ1) is 16.8. The van der Waals surface area contributed by atoms with E-state index in [1.54, 1.807) is 0 Å². The average Bonchev–Trinajstić information content (AvgIpc) is 2.62. The molecule has 0 N–H and O–H groups in total. The van der Waals surface area contributed by atoms with E-state index < -0.39 is 0 Å². The molecule has 3 nitrogen and oxygen atoms in total. The molecule has 4 heteroatoms. The predicted molar refractivity (Wildman–Crippen MR) is 100 cm³/mol. The van der Waals surface area contributed by atoms with Crippen LogP contribution in [0.1, 0.15) is 35.7 Å². The van der Waals surface area contributed by atoms with Gasteiger partial charge in [0.2, 0.25) is 0 Å². The third-order valence-electron chi connectivity index (χ3n) is 4.58. The largest absolute Gasteiger partial charge is 0.368 e. The van der Waals surface area contributed by atoms with Crippen LogP contribution in [0.3, 0.4) is 0 Å². The molecule has 1 amide bonds. The normalized spacial score (nSPS) is 15.0. The zero-order valence-corrected chi connectivity index (χ0v) is 15.0. The molecule has 126 valence electrons. The molecule has 0 bridgehead atoms. The van der Waals surface area contributed by atoms with E-state index in [1.165, 1.54) is 5.56 Å². The standard InChI is InChI=1S/C20H23ClN2O/c1-15(2)16-3-5-17(6-4-16)20(24)23-13-11-22(12-14-23)19-9-7-18(21)8-10-19/h3-10,15H,11-14H2,1-2H3. The number of nitrogens with zero attached hydrogens (tertiary/aromatic N) is 2. The van der Waals surface area contributed by atoms with E-state index in [4.69, 9.17) is 11.6 Å². The molecular weight excluding hydrogens is 320 g/mol. The molecule has 2 aromatic rings. The maximum Gasteiger partial charge on any atom is 0.253 e. The molecule has 1 aliphatic rings. The molecule has 0 aliphatic carbocycles. The zero-order valence-electron chi connectivity index (χ0n) is 14.2. The fraction of sp³-hybridized carbons (Fsp3) is 0.350. The minimum Gasteiger partial charge on any atom is -0.368 e. The van der Waals surface area contributed by atoms with Gasteiger partial charge in [0.05, 0.1) is 0 Å². The van der Waals surface area contributed by atoms with Crippen LogP contribution >= 0.6 is 11.6 Å². The summed E-state index contributed by atoms with van der Waals surface area (Å²) in [4.78, 5) is 16.9. The molecular formula is C20H23ClN2O. The van der Waals surface area contributed by atoms with Gasteiger partial charge < -0.3 is 9.80 Å². The van der Waals surface area contributed by atoms with Crippen molar-refractivity contribution in [3.63, 3.8) is 0 Å². The van der Waals surface area contributed by atoms with Gasteiger partial charge in [0.1, 0.15) is 0 Å². The molecule has 1 saturated heterocycles. The molecule has 0 spiro atoms. The van der Waals surface area contributed by atoms with Crippen molar-refractivity contribution in [3.05, 3.63) is 64.7 Å². The van der Waals surface area contributed by atoms with E-state index in [2.05, 4.69) is 30.9 Å². The summed E-state index contributed by atoms with van der Waals surface area (Å²) in [6.45, 7) is 7.50. The number of piperazine rings is 1. The number of amides is 1. The van der Waals surface area contributed by atoms with Gasteiger partial charge in [-0.1, -0.05) is 37.6 Å². The van der Waals surface area contributed by atoms with Crippen molar-refractivity contribution < 1.29 is 4.79 Å². The molecule has 24 heavy (non-hydrogen) atoms. The topological polar surface area (TPSA) is 23.6 Å². The molecule has 3 rings (SSSR count). The van der Waals surface area contributed by atoms with Gasteiger partial charge in [-0.05, 0) is 47.9 Å². The summed E-state index contributed by atoms with van der Waals surface area (Å²) < 4.78 is 0. The molecule has 0 radical (unpaired) electrons. The predicted octanol–water partition coefficient (Wildman–Crippen LogP) is 4.43. The quantitative estimate of drug-likeness (QED) is 0.824. The van der Waals surface area contributed by atoms with Gasteiger partial charge in [-0.15, -0.1) is 0 Å². The number of hydrogen-bond donors (Lipinski definition) is 0. The number of benzene rings is 2. The van der Waals surface area contributed by atoms with Gasteiger partial charge >= 0.3 is 0 Å². The van der Waals surface area contributed by atoms with E-state index >= 15 is 0 Å². The maximum atomic E-state index is 12.7. The molecule has 1 heterocycles. The SMILES string of the molecule is CC(C)c1ccc(C(=O)N2CCN(c3ccc(Cl)cc3)CC2)cc1. The first-order valence-corrected chi connectivity index (χ1v) is 8.82. The van der Waals surface area contributed by atoms with Gasteiger partial charge in [0.25, 0.3) is 5.91 Å². The van der Waals surface area contributed by atoms with Crippen LogP contribution < -0.4 is 4.90 Å². The molecule has 0 atom stereocenters. The second-order valence-corrected chi connectivity index (χ2v) is 6.97. The monoisotopic (exact) mass is 342 g/mol. The molecule has 0 aromatic heterocycles. The van der Waals surface area contributed by atoms with Crippen molar-refractivity contribution >= 4 is 23.2 Å². The van der Waals surface area contributed by atoms with Crippen LogP contribution in [0.2, 0.25) is 5.02 Å². The summed E-state index contributed by atoms with van der Waals surface area (Å²) in [6, 6.07) is 15.9. The van der Waals surface area contributed by atoms with E-state index in [-0.39, 0.29) is 5.91 Å². The van der Waals surface area contributed by atoms with Crippen LogP contribution in [-0.4, -0.2) is 37.0 Å². The Morgan fingerprint density at radius 2 is 1.50 bits per heavy atom. The van der Waals surface area contributed by atoms with E-state index in [0.29, 0.717) is 5.92 Å². The van der Waals surface area contributed by atoms with Gasteiger partial charge in [0.15, 0.2) is 0 Å². The van der Waals surface area contributed by atoms with Crippen molar-refractivity contribution in [1.82, 2.24) is 4.90 Å². The number of rotatable bonds is 3. The zero-order chi connectivity index (χ0) is 17.1. The lowest BCUT2D eigenvalue weighted by Gasteiger charge is -2.36. The highest BCUT2D eigenvalue weighted by Gasteiger charge is 2.22. The molecule has 0 saturated carbocycles.